The van der Waals surface area contributed by atoms with Gasteiger partial charge < -0.3 is 14.3 Å². The van der Waals surface area contributed by atoms with Crippen LogP contribution < -0.4 is 10.2 Å². The zero-order valence-corrected chi connectivity index (χ0v) is 13.3. The molecule has 2 aromatic carbocycles. The highest BCUT2D eigenvalue weighted by molar-refractivity contribution is 5.37. The van der Waals surface area contributed by atoms with Gasteiger partial charge in [0.15, 0.2) is 5.76 Å². The molecule has 5 nitrogen and oxygen atoms in total. The highest BCUT2D eigenvalue weighted by Gasteiger charge is 2.21. The van der Waals surface area contributed by atoms with Crippen molar-refractivity contribution in [1.82, 2.24) is 0 Å². The van der Waals surface area contributed by atoms with E-state index in [0.717, 1.165) is 5.56 Å². The Morgan fingerprint density at radius 1 is 1.08 bits per heavy atom. The van der Waals surface area contributed by atoms with Crippen LogP contribution >= 0.6 is 0 Å². The fourth-order valence-electron chi connectivity index (χ4n) is 2.37. The number of benzene rings is 2. The molecule has 124 valence electrons. The molecule has 0 aliphatic carbocycles. The van der Waals surface area contributed by atoms with Crippen LogP contribution in [0.25, 0.3) is 0 Å². The Bertz CT molecular complexity index is 940. The van der Waals surface area contributed by atoms with Crippen molar-refractivity contribution < 1.29 is 14.3 Å². The van der Waals surface area contributed by atoms with Crippen LogP contribution in [0.2, 0.25) is 0 Å². The van der Waals surface area contributed by atoms with E-state index in [9.17, 15) is 9.90 Å². The average Bonchev–Trinajstić information content (AvgIpc) is 2.67. The second-order valence-corrected chi connectivity index (χ2v) is 5.39. The molecular formula is C20H15NO4. The van der Waals surface area contributed by atoms with Gasteiger partial charge in [-0.05, 0) is 23.3 Å². The first-order valence-electron chi connectivity index (χ1n) is 7.65. The second kappa shape index (κ2) is 7.47. The molecule has 0 fully saturated rings. The number of hydrogen-bond acceptors (Lipinski definition) is 5. The predicted octanol–water partition coefficient (Wildman–Crippen LogP) is 3.17. The quantitative estimate of drug-likeness (QED) is 0.775. The molecular weight excluding hydrogens is 318 g/mol. The SMILES string of the molecule is N#Cc1ccc(C(O)c2occc(=O)c2OCc2ccccc2)cc1. The zero-order chi connectivity index (χ0) is 17.6. The Kier molecular flexibility index (Phi) is 4.93. The van der Waals surface area contributed by atoms with Crippen LogP contribution in [0.3, 0.4) is 0 Å². The third-order valence-corrected chi connectivity index (χ3v) is 3.69. The molecule has 1 unspecified atom stereocenters. The van der Waals surface area contributed by atoms with Gasteiger partial charge in [-0.25, -0.2) is 0 Å². The summed E-state index contributed by atoms with van der Waals surface area (Å²) in [5.41, 5.74) is 1.50. The molecule has 0 bridgehead atoms. The molecule has 0 aliphatic heterocycles. The van der Waals surface area contributed by atoms with E-state index in [2.05, 4.69) is 0 Å². The first-order chi connectivity index (χ1) is 12.2. The molecule has 0 aliphatic rings. The van der Waals surface area contributed by atoms with Crippen LogP contribution in [-0.4, -0.2) is 5.11 Å². The average molecular weight is 333 g/mol. The number of hydrogen-bond donors (Lipinski definition) is 1. The van der Waals surface area contributed by atoms with Crippen molar-refractivity contribution in [2.75, 3.05) is 0 Å². The molecule has 1 aromatic heterocycles. The smallest absolute Gasteiger partial charge is 0.227 e. The molecule has 1 atom stereocenters. The van der Waals surface area contributed by atoms with E-state index in [4.69, 9.17) is 14.4 Å². The van der Waals surface area contributed by atoms with Gasteiger partial charge in [-0.2, -0.15) is 5.26 Å². The van der Waals surface area contributed by atoms with E-state index in [1.165, 1.54) is 12.3 Å². The molecule has 1 heterocycles. The van der Waals surface area contributed by atoms with Gasteiger partial charge in [-0.3, -0.25) is 4.79 Å². The van der Waals surface area contributed by atoms with E-state index >= 15 is 0 Å². The summed E-state index contributed by atoms with van der Waals surface area (Å²) in [5, 5.41) is 19.4. The topological polar surface area (TPSA) is 83.5 Å². The first kappa shape index (κ1) is 16.5. The second-order valence-electron chi connectivity index (χ2n) is 5.39. The molecule has 3 aromatic rings. The minimum atomic E-state index is -1.17. The molecule has 0 saturated heterocycles. The largest absolute Gasteiger partial charge is 0.482 e. The van der Waals surface area contributed by atoms with Crippen molar-refractivity contribution in [2.24, 2.45) is 0 Å². The Hall–Kier alpha value is -3.36. The molecule has 3 rings (SSSR count). The van der Waals surface area contributed by atoms with Crippen LogP contribution in [0, 0.1) is 11.3 Å². The summed E-state index contributed by atoms with van der Waals surface area (Å²) in [4.78, 5) is 12.2. The standard InChI is InChI=1S/C20H15NO4/c21-12-14-6-8-16(9-7-14)18(23)20-19(17(22)10-11-24-20)25-13-15-4-2-1-3-5-15/h1-11,18,23H,13H2. The summed E-state index contributed by atoms with van der Waals surface area (Å²) in [6, 6.07) is 19.0. The maximum absolute atomic E-state index is 12.2. The predicted molar refractivity (Wildman–Crippen MR) is 91.0 cm³/mol. The third kappa shape index (κ3) is 3.77. The van der Waals surface area contributed by atoms with Gasteiger partial charge in [0.05, 0.1) is 17.9 Å². The lowest BCUT2D eigenvalue weighted by molar-refractivity contribution is 0.171. The van der Waals surface area contributed by atoms with Crippen LogP contribution in [0.4, 0.5) is 0 Å². The van der Waals surface area contributed by atoms with Gasteiger partial charge in [0.25, 0.3) is 0 Å². The summed E-state index contributed by atoms with van der Waals surface area (Å²) < 4.78 is 11.0. The van der Waals surface area contributed by atoms with Crippen molar-refractivity contribution >= 4 is 0 Å². The lowest BCUT2D eigenvalue weighted by Gasteiger charge is -2.14. The van der Waals surface area contributed by atoms with Gasteiger partial charge >= 0.3 is 0 Å². The molecule has 0 radical (unpaired) electrons. The van der Waals surface area contributed by atoms with Crippen LogP contribution in [0.5, 0.6) is 5.75 Å². The van der Waals surface area contributed by atoms with Crippen LogP contribution in [0.1, 0.15) is 28.6 Å². The first-order valence-corrected chi connectivity index (χ1v) is 7.65. The molecule has 25 heavy (non-hydrogen) atoms. The highest BCUT2D eigenvalue weighted by atomic mass is 16.5. The van der Waals surface area contributed by atoms with Crippen LogP contribution in [0.15, 0.2) is 76.1 Å². The molecule has 0 saturated carbocycles. The summed E-state index contributed by atoms with van der Waals surface area (Å²) in [6.07, 6.45) is 0.0484. The lowest BCUT2D eigenvalue weighted by atomic mass is 10.0. The molecule has 5 heteroatoms. The number of aliphatic hydroxyl groups excluding tert-OH is 1. The Morgan fingerprint density at radius 2 is 1.80 bits per heavy atom. The fraction of sp³-hybridized carbons (Fsp3) is 0.100. The summed E-state index contributed by atoms with van der Waals surface area (Å²) in [6.45, 7) is 0.183. The van der Waals surface area contributed by atoms with Crippen LogP contribution in [-0.2, 0) is 6.61 Å². The summed E-state index contributed by atoms with van der Waals surface area (Å²) >= 11 is 0. The maximum atomic E-state index is 12.2. The summed E-state index contributed by atoms with van der Waals surface area (Å²) in [7, 11) is 0. The van der Waals surface area contributed by atoms with Crippen molar-refractivity contribution in [3.8, 4) is 11.8 Å². The Labute approximate surface area is 144 Å². The number of ether oxygens (including phenoxy) is 1. The fourth-order valence-corrected chi connectivity index (χ4v) is 2.37. The van der Waals surface area contributed by atoms with Crippen molar-refractivity contribution in [1.29, 1.82) is 5.26 Å². The Morgan fingerprint density at radius 3 is 2.48 bits per heavy atom. The van der Waals surface area contributed by atoms with Gasteiger partial charge in [-0.15, -0.1) is 0 Å². The van der Waals surface area contributed by atoms with Gasteiger partial charge in [0, 0.05) is 6.07 Å². The number of nitrogens with zero attached hydrogens (tertiary/aromatic N) is 1. The molecule has 0 amide bonds. The van der Waals surface area contributed by atoms with E-state index in [-0.39, 0.29) is 23.5 Å². The summed E-state index contributed by atoms with van der Waals surface area (Å²) in [5.74, 6) is 0.0105. The minimum Gasteiger partial charge on any atom is -0.482 e. The normalized spacial score (nSPS) is 11.5. The highest BCUT2D eigenvalue weighted by Crippen LogP contribution is 2.28. The number of rotatable bonds is 5. The van der Waals surface area contributed by atoms with E-state index in [1.54, 1.807) is 24.3 Å². The maximum Gasteiger partial charge on any atom is 0.227 e. The van der Waals surface area contributed by atoms with Gasteiger partial charge in [-0.1, -0.05) is 42.5 Å². The number of nitriles is 1. The lowest BCUT2D eigenvalue weighted by Crippen LogP contribution is -2.12. The van der Waals surface area contributed by atoms with E-state index < -0.39 is 6.10 Å². The van der Waals surface area contributed by atoms with E-state index in [0.29, 0.717) is 11.1 Å². The molecule has 0 spiro atoms. The third-order valence-electron chi connectivity index (χ3n) is 3.69. The van der Waals surface area contributed by atoms with Crippen molar-refractivity contribution in [3.05, 3.63) is 99.6 Å². The zero-order valence-electron chi connectivity index (χ0n) is 13.3. The monoisotopic (exact) mass is 333 g/mol. The molecule has 1 N–H and O–H groups in total. The minimum absolute atomic E-state index is 0.0248. The van der Waals surface area contributed by atoms with Gasteiger partial charge in [0.2, 0.25) is 11.2 Å². The van der Waals surface area contributed by atoms with E-state index in [1.807, 2.05) is 36.4 Å². The van der Waals surface area contributed by atoms with Crippen molar-refractivity contribution in [3.63, 3.8) is 0 Å². The Balaban J connectivity index is 1.89. The van der Waals surface area contributed by atoms with Gasteiger partial charge in [0.1, 0.15) is 12.7 Å². The van der Waals surface area contributed by atoms with Crippen molar-refractivity contribution in [2.45, 2.75) is 12.7 Å². The number of aliphatic hydroxyl groups is 1.